The number of aromatic nitrogens is 6. The Bertz CT molecular complexity index is 1320. The highest BCUT2D eigenvalue weighted by molar-refractivity contribution is 5.95. The van der Waals surface area contributed by atoms with Crippen LogP contribution in [0.3, 0.4) is 0 Å². The average molecular weight is 403 g/mol. The van der Waals surface area contributed by atoms with E-state index in [4.69, 9.17) is 5.11 Å². The number of carbonyl (C=O) groups is 2. The van der Waals surface area contributed by atoms with Gasteiger partial charge in [-0.05, 0) is 43.7 Å². The number of nitrogens with one attached hydrogen (secondary N) is 1. The first-order valence-corrected chi connectivity index (χ1v) is 9.34. The van der Waals surface area contributed by atoms with Gasteiger partial charge in [-0.25, -0.2) is 4.79 Å². The molecule has 0 radical (unpaired) electrons. The molecule has 2 N–H and O–H groups in total. The zero-order valence-corrected chi connectivity index (χ0v) is 16.2. The van der Waals surface area contributed by atoms with Crippen molar-refractivity contribution in [3.63, 3.8) is 0 Å². The minimum Gasteiger partial charge on any atom is -0.478 e. The molecular weight excluding hydrogens is 386 g/mol. The van der Waals surface area contributed by atoms with Crippen LogP contribution >= 0.6 is 0 Å². The van der Waals surface area contributed by atoms with Crippen LogP contribution in [0.25, 0.3) is 11.5 Å². The molecule has 1 aliphatic heterocycles. The number of carboxylic acid groups (broad SMARTS) is 1. The Hall–Kier alpha value is -4.08. The lowest BCUT2D eigenvalue weighted by atomic mass is 9.85. The maximum atomic E-state index is 12.5. The van der Waals surface area contributed by atoms with E-state index in [1.54, 1.807) is 52.5 Å². The predicted octanol–water partition coefficient (Wildman–Crippen LogP) is 2.10. The molecule has 0 spiro atoms. The molecule has 1 atom stereocenters. The highest BCUT2D eigenvalue weighted by atomic mass is 16.4. The monoisotopic (exact) mass is 403 g/mol. The summed E-state index contributed by atoms with van der Waals surface area (Å²) >= 11 is 0. The maximum absolute atomic E-state index is 12.5. The van der Waals surface area contributed by atoms with E-state index in [2.05, 4.69) is 25.7 Å². The van der Waals surface area contributed by atoms with Crippen molar-refractivity contribution in [1.29, 1.82) is 0 Å². The Morgan fingerprint density at radius 2 is 1.87 bits per heavy atom. The summed E-state index contributed by atoms with van der Waals surface area (Å²) in [5.74, 6) is 0.372. The van der Waals surface area contributed by atoms with Crippen LogP contribution < -0.4 is 5.32 Å². The maximum Gasteiger partial charge on any atom is 0.335 e. The Kier molecular flexibility index (Phi) is 3.88. The van der Waals surface area contributed by atoms with Crippen LogP contribution in [0.1, 0.15) is 45.3 Å². The van der Waals surface area contributed by atoms with E-state index in [9.17, 15) is 9.59 Å². The smallest absolute Gasteiger partial charge is 0.335 e. The second-order valence-electron chi connectivity index (χ2n) is 7.20. The number of rotatable bonds is 3. The lowest BCUT2D eigenvalue weighted by Gasteiger charge is -2.24. The van der Waals surface area contributed by atoms with Gasteiger partial charge >= 0.3 is 5.97 Å². The fourth-order valence-electron chi connectivity index (χ4n) is 3.86. The fraction of sp³-hybridized carbons (Fsp3) is 0.200. The topological polar surface area (TPSA) is 127 Å². The molecule has 0 unspecified atom stereocenters. The van der Waals surface area contributed by atoms with Crippen molar-refractivity contribution in [3.8, 4) is 5.82 Å². The van der Waals surface area contributed by atoms with Crippen LogP contribution in [0, 0.1) is 13.8 Å². The quantitative estimate of drug-likeness (QED) is 0.536. The van der Waals surface area contributed by atoms with E-state index in [1.807, 2.05) is 6.92 Å². The Balaban J connectivity index is 1.63. The van der Waals surface area contributed by atoms with Crippen LogP contribution in [0.4, 0.5) is 5.82 Å². The first-order valence-electron chi connectivity index (χ1n) is 9.34. The standard InChI is InChI=1S/C20H17N7O3/c1-10-18-14(12-3-5-13(6-4-12)20(29)30)9-17(28)21-19(18)27(24-10)16-8-7-15-23-22-11(2)26(15)25-16/h3-8,14H,9H2,1-2H3,(H,21,28)(H,29,30)/t14-/m0/s1. The number of aryl methyl sites for hydroxylation is 2. The van der Waals surface area contributed by atoms with Gasteiger partial charge in [-0.15, -0.1) is 15.3 Å². The van der Waals surface area contributed by atoms with Gasteiger partial charge in [0, 0.05) is 17.9 Å². The van der Waals surface area contributed by atoms with E-state index in [0.29, 0.717) is 23.1 Å². The van der Waals surface area contributed by atoms with Gasteiger partial charge in [-0.1, -0.05) is 12.1 Å². The number of hydrogen-bond acceptors (Lipinski definition) is 6. The molecule has 1 aliphatic rings. The lowest BCUT2D eigenvalue weighted by Crippen LogP contribution is -2.25. The first kappa shape index (κ1) is 18.0. The molecule has 0 saturated heterocycles. The van der Waals surface area contributed by atoms with Crippen molar-refractivity contribution in [2.45, 2.75) is 26.2 Å². The van der Waals surface area contributed by atoms with E-state index < -0.39 is 5.97 Å². The van der Waals surface area contributed by atoms with Crippen LogP contribution in [-0.2, 0) is 4.79 Å². The molecule has 1 aromatic carbocycles. The van der Waals surface area contributed by atoms with Crippen molar-refractivity contribution < 1.29 is 14.7 Å². The van der Waals surface area contributed by atoms with Crippen LogP contribution in [-0.4, -0.2) is 46.6 Å². The van der Waals surface area contributed by atoms with Gasteiger partial charge in [-0.2, -0.15) is 14.3 Å². The molecule has 3 aromatic heterocycles. The minimum atomic E-state index is -0.988. The van der Waals surface area contributed by atoms with Crippen LogP contribution in [0.5, 0.6) is 0 Å². The van der Waals surface area contributed by atoms with Crippen molar-refractivity contribution in [2.24, 2.45) is 0 Å². The molecule has 0 fully saturated rings. The summed E-state index contributed by atoms with van der Waals surface area (Å²) in [5, 5.41) is 29.3. The highest BCUT2D eigenvalue weighted by Crippen LogP contribution is 2.40. The van der Waals surface area contributed by atoms with E-state index in [1.165, 1.54) is 0 Å². The Labute approximate surface area is 170 Å². The lowest BCUT2D eigenvalue weighted by molar-refractivity contribution is -0.116. The van der Waals surface area contributed by atoms with Gasteiger partial charge in [-0.3, -0.25) is 4.79 Å². The molecule has 0 aliphatic carbocycles. The number of benzene rings is 1. The van der Waals surface area contributed by atoms with E-state index >= 15 is 0 Å². The number of fused-ring (bicyclic) bond motifs is 2. The Morgan fingerprint density at radius 1 is 1.10 bits per heavy atom. The number of carbonyl (C=O) groups excluding carboxylic acids is 1. The SMILES string of the molecule is Cc1nn(-c2ccc3nnc(C)n3n2)c2c1[C@H](c1ccc(C(=O)O)cc1)CC(=O)N2. The number of anilines is 1. The molecule has 0 saturated carbocycles. The summed E-state index contributed by atoms with van der Waals surface area (Å²) in [6.07, 6.45) is 0.253. The van der Waals surface area contributed by atoms with E-state index in [-0.39, 0.29) is 23.8 Å². The number of nitrogens with zero attached hydrogens (tertiary/aromatic N) is 6. The summed E-state index contributed by atoms with van der Waals surface area (Å²) in [4.78, 5) is 23.7. The van der Waals surface area contributed by atoms with E-state index in [0.717, 1.165) is 16.8 Å². The number of hydrogen-bond donors (Lipinski definition) is 2. The van der Waals surface area contributed by atoms with Crippen molar-refractivity contribution in [3.05, 3.63) is 64.6 Å². The average Bonchev–Trinajstić information content (AvgIpc) is 3.27. The zero-order valence-electron chi connectivity index (χ0n) is 16.2. The van der Waals surface area contributed by atoms with Gasteiger partial charge in [0.2, 0.25) is 5.91 Å². The highest BCUT2D eigenvalue weighted by Gasteiger charge is 2.33. The van der Waals surface area contributed by atoms with Crippen LogP contribution in [0.2, 0.25) is 0 Å². The summed E-state index contributed by atoms with van der Waals surface area (Å²) in [6, 6.07) is 10.2. The summed E-state index contributed by atoms with van der Waals surface area (Å²) in [6.45, 7) is 3.69. The Morgan fingerprint density at radius 3 is 2.60 bits per heavy atom. The second-order valence-corrected chi connectivity index (χ2v) is 7.20. The minimum absolute atomic E-state index is 0.141. The zero-order chi connectivity index (χ0) is 21.0. The number of carboxylic acids is 1. The van der Waals surface area contributed by atoms with Gasteiger partial charge in [0.05, 0.1) is 11.3 Å². The molecule has 30 heavy (non-hydrogen) atoms. The van der Waals surface area contributed by atoms with Gasteiger partial charge < -0.3 is 10.4 Å². The summed E-state index contributed by atoms with van der Waals surface area (Å²) in [7, 11) is 0. The molecule has 5 rings (SSSR count). The number of amides is 1. The summed E-state index contributed by atoms with van der Waals surface area (Å²) in [5.41, 5.74) is 3.33. The molecule has 10 heteroatoms. The largest absolute Gasteiger partial charge is 0.478 e. The second kappa shape index (κ2) is 6.48. The third-order valence-corrected chi connectivity index (χ3v) is 5.28. The third-order valence-electron chi connectivity index (χ3n) is 5.28. The molecule has 1 amide bonds. The van der Waals surface area contributed by atoms with Crippen molar-refractivity contribution >= 4 is 23.3 Å². The number of aromatic carboxylic acids is 1. The van der Waals surface area contributed by atoms with Gasteiger partial charge in [0.1, 0.15) is 5.82 Å². The molecule has 4 aromatic rings. The van der Waals surface area contributed by atoms with Gasteiger partial charge in [0.25, 0.3) is 0 Å². The molecule has 0 bridgehead atoms. The molecule has 4 heterocycles. The molecule has 150 valence electrons. The van der Waals surface area contributed by atoms with Crippen molar-refractivity contribution in [2.75, 3.05) is 5.32 Å². The first-order chi connectivity index (χ1) is 14.4. The molecular formula is C20H17N7O3. The fourth-order valence-corrected chi connectivity index (χ4v) is 3.86. The summed E-state index contributed by atoms with van der Waals surface area (Å²) < 4.78 is 3.23. The predicted molar refractivity (Wildman–Crippen MR) is 106 cm³/mol. The normalized spacial score (nSPS) is 15.8. The van der Waals surface area contributed by atoms with Gasteiger partial charge in [0.15, 0.2) is 17.3 Å². The van der Waals surface area contributed by atoms with Crippen LogP contribution in [0.15, 0.2) is 36.4 Å². The van der Waals surface area contributed by atoms with Crippen molar-refractivity contribution in [1.82, 2.24) is 29.6 Å². The molecule has 10 nitrogen and oxygen atoms in total. The third kappa shape index (κ3) is 2.72.